The van der Waals surface area contributed by atoms with E-state index in [1.807, 2.05) is 12.1 Å². The maximum atomic E-state index is 5.56. The van der Waals surface area contributed by atoms with Gasteiger partial charge < -0.3 is 15.4 Å². The lowest BCUT2D eigenvalue weighted by Crippen LogP contribution is -2.38. The summed E-state index contributed by atoms with van der Waals surface area (Å²) in [5.74, 6) is 0.888. The summed E-state index contributed by atoms with van der Waals surface area (Å²) in [5, 5.41) is 7.45. The molecule has 0 unspecified atom stereocenters. The summed E-state index contributed by atoms with van der Waals surface area (Å²) < 4.78 is 5.30. The van der Waals surface area contributed by atoms with Crippen LogP contribution in [-0.2, 0) is 0 Å². The second-order valence-electron chi connectivity index (χ2n) is 7.11. The van der Waals surface area contributed by atoms with Crippen molar-refractivity contribution in [1.29, 1.82) is 0 Å². The van der Waals surface area contributed by atoms with Crippen LogP contribution in [0.2, 0.25) is 0 Å². The minimum atomic E-state index is 0.303. The van der Waals surface area contributed by atoms with Gasteiger partial charge in [0.2, 0.25) is 0 Å². The van der Waals surface area contributed by atoms with Gasteiger partial charge in [0.15, 0.2) is 5.11 Å². The van der Waals surface area contributed by atoms with Gasteiger partial charge in [-0.3, -0.25) is 4.90 Å². The summed E-state index contributed by atoms with van der Waals surface area (Å²) in [6.07, 6.45) is 2.52. The highest BCUT2D eigenvalue weighted by Crippen LogP contribution is 2.26. The van der Waals surface area contributed by atoms with Crippen molar-refractivity contribution in [1.82, 2.24) is 10.2 Å². The van der Waals surface area contributed by atoms with E-state index in [0.29, 0.717) is 11.2 Å². The number of nitrogens with one attached hydrogen (secondary N) is 2. The van der Waals surface area contributed by atoms with E-state index in [2.05, 4.69) is 59.7 Å². The maximum absolute atomic E-state index is 5.56. The lowest BCUT2D eigenvalue weighted by atomic mass is 10.1. The summed E-state index contributed by atoms with van der Waals surface area (Å²) in [4.78, 5) is 2.54. The Labute approximate surface area is 167 Å². The molecule has 5 heteroatoms. The predicted molar refractivity (Wildman–Crippen MR) is 117 cm³/mol. The third-order valence-corrected chi connectivity index (χ3v) is 5.64. The van der Waals surface area contributed by atoms with E-state index in [1.54, 1.807) is 7.11 Å². The average molecular weight is 384 g/mol. The van der Waals surface area contributed by atoms with Gasteiger partial charge in [-0.25, -0.2) is 0 Å². The van der Waals surface area contributed by atoms with Crippen LogP contribution in [-0.4, -0.2) is 36.8 Å². The Kier molecular flexibility index (Phi) is 6.69. The third-order valence-electron chi connectivity index (χ3n) is 5.39. The Morgan fingerprint density at radius 3 is 2.48 bits per heavy atom. The first-order valence-electron chi connectivity index (χ1n) is 9.57. The van der Waals surface area contributed by atoms with Gasteiger partial charge in [-0.05, 0) is 86.9 Å². The number of hydrogen-bond donors (Lipinski definition) is 2. The lowest BCUT2D eigenvalue weighted by Gasteiger charge is -2.29. The van der Waals surface area contributed by atoms with Crippen molar-refractivity contribution in [3.63, 3.8) is 0 Å². The highest BCUT2D eigenvalue weighted by molar-refractivity contribution is 7.80. The highest BCUT2D eigenvalue weighted by Gasteiger charge is 2.23. The van der Waals surface area contributed by atoms with Gasteiger partial charge in [0.25, 0.3) is 0 Å². The zero-order valence-corrected chi connectivity index (χ0v) is 17.2. The summed E-state index contributed by atoms with van der Waals surface area (Å²) in [5.41, 5.74) is 4.85. The molecule has 2 aromatic carbocycles. The molecule has 27 heavy (non-hydrogen) atoms. The summed E-state index contributed by atoms with van der Waals surface area (Å²) >= 11 is 5.56. The molecule has 1 atom stereocenters. The van der Waals surface area contributed by atoms with Crippen LogP contribution in [0.5, 0.6) is 5.75 Å². The van der Waals surface area contributed by atoms with Crippen LogP contribution in [0.1, 0.15) is 35.6 Å². The fourth-order valence-electron chi connectivity index (χ4n) is 3.58. The van der Waals surface area contributed by atoms with Gasteiger partial charge in [-0.2, -0.15) is 0 Å². The molecule has 0 aliphatic carbocycles. The Morgan fingerprint density at radius 1 is 1.11 bits per heavy atom. The van der Waals surface area contributed by atoms with Crippen LogP contribution < -0.4 is 15.4 Å². The Balaban J connectivity index is 1.66. The molecule has 0 amide bonds. The topological polar surface area (TPSA) is 36.5 Å². The maximum Gasteiger partial charge on any atom is 0.170 e. The van der Waals surface area contributed by atoms with Crippen LogP contribution in [0.3, 0.4) is 0 Å². The summed E-state index contributed by atoms with van der Waals surface area (Å²) in [6.45, 7) is 7.28. The molecule has 144 valence electrons. The SMILES string of the molecule is COc1ccc([C@H](CNC(=S)Nc2cccc(C)c2C)N2CCCC2)cc1. The van der Waals surface area contributed by atoms with E-state index in [4.69, 9.17) is 17.0 Å². The zero-order valence-electron chi connectivity index (χ0n) is 16.4. The first-order chi connectivity index (χ1) is 13.1. The number of benzene rings is 2. The van der Waals surface area contributed by atoms with Crippen LogP contribution in [0, 0.1) is 13.8 Å². The molecule has 1 heterocycles. The standard InChI is InChI=1S/C22H29N3OS/c1-16-7-6-8-20(17(16)2)24-22(27)23-15-21(25-13-4-5-14-25)18-9-11-19(26-3)12-10-18/h6-12,21H,4-5,13-15H2,1-3H3,(H2,23,24,27)/t21-/m0/s1. The Hall–Kier alpha value is -2.11. The van der Waals surface area contributed by atoms with Gasteiger partial charge in [0.05, 0.1) is 13.2 Å². The molecule has 1 aliphatic heterocycles. The van der Waals surface area contributed by atoms with E-state index in [9.17, 15) is 0 Å². The minimum absolute atomic E-state index is 0.303. The second kappa shape index (κ2) is 9.20. The molecule has 2 N–H and O–H groups in total. The second-order valence-corrected chi connectivity index (χ2v) is 7.52. The molecule has 1 fully saturated rings. The average Bonchev–Trinajstić information content (AvgIpc) is 3.20. The fourth-order valence-corrected chi connectivity index (χ4v) is 3.77. The smallest absolute Gasteiger partial charge is 0.170 e. The monoisotopic (exact) mass is 383 g/mol. The van der Waals surface area contributed by atoms with Crippen molar-refractivity contribution in [2.75, 3.05) is 32.1 Å². The number of rotatable bonds is 6. The normalized spacial score (nSPS) is 15.4. The zero-order chi connectivity index (χ0) is 19.2. The number of methoxy groups -OCH3 is 1. The Morgan fingerprint density at radius 2 is 1.81 bits per heavy atom. The molecule has 0 aromatic heterocycles. The van der Waals surface area contributed by atoms with Gasteiger partial charge in [0, 0.05) is 12.2 Å². The predicted octanol–water partition coefficient (Wildman–Crippen LogP) is 4.44. The first kappa shape index (κ1) is 19.6. The van der Waals surface area contributed by atoms with Gasteiger partial charge in [0.1, 0.15) is 5.75 Å². The van der Waals surface area contributed by atoms with Crippen molar-refractivity contribution >= 4 is 23.0 Å². The molecule has 0 radical (unpaired) electrons. The van der Waals surface area contributed by atoms with Crippen LogP contribution in [0.15, 0.2) is 42.5 Å². The van der Waals surface area contributed by atoms with Crippen LogP contribution in [0.4, 0.5) is 5.69 Å². The number of aryl methyl sites for hydroxylation is 1. The number of likely N-dealkylation sites (tertiary alicyclic amines) is 1. The summed E-state index contributed by atoms with van der Waals surface area (Å²) in [7, 11) is 1.70. The minimum Gasteiger partial charge on any atom is -0.497 e. The van der Waals surface area contributed by atoms with E-state index in [1.165, 1.54) is 29.5 Å². The first-order valence-corrected chi connectivity index (χ1v) is 9.98. The fraction of sp³-hybridized carbons (Fsp3) is 0.409. The van der Waals surface area contributed by atoms with Crippen molar-refractivity contribution in [3.05, 3.63) is 59.2 Å². The molecule has 1 aliphatic rings. The third kappa shape index (κ3) is 4.99. The molecule has 3 rings (SSSR count). The van der Waals surface area contributed by atoms with E-state index in [0.717, 1.165) is 31.1 Å². The highest BCUT2D eigenvalue weighted by atomic mass is 32.1. The molecule has 0 spiro atoms. The van der Waals surface area contributed by atoms with Crippen LogP contribution in [0.25, 0.3) is 0 Å². The number of nitrogens with zero attached hydrogens (tertiary/aromatic N) is 1. The molecule has 2 aromatic rings. The Bertz CT molecular complexity index is 770. The van der Waals surface area contributed by atoms with Crippen molar-refractivity contribution in [2.24, 2.45) is 0 Å². The van der Waals surface area contributed by atoms with Crippen LogP contribution >= 0.6 is 12.2 Å². The quantitative estimate of drug-likeness (QED) is 0.722. The van der Waals surface area contributed by atoms with Crippen molar-refractivity contribution in [2.45, 2.75) is 32.7 Å². The van der Waals surface area contributed by atoms with Gasteiger partial charge >= 0.3 is 0 Å². The molecular weight excluding hydrogens is 354 g/mol. The van der Waals surface area contributed by atoms with E-state index in [-0.39, 0.29) is 0 Å². The summed E-state index contributed by atoms with van der Waals surface area (Å²) in [6, 6.07) is 14.9. The molecular formula is C22H29N3OS. The molecule has 4 nitrogen and oxygen atoms in total. The number of anilines is 1. The van der Waals surface area contributed by atoms with Gasteiger partial charge in [-0.1, -0.05) is 24.3 Å². The lowest BCUT2D eigenvalue weighted by molar-refractivity contribution is 0.246. The largest absolute Gasteiger partial charge is 0.497 e. The number of hydrogen-bond acceptors (Lipinski definition) is 3. The molecule has 0 bridgehead atoms. The van der Waals surface area contributed by atoms with Gasteiger partial charge in [-0.15, -0.1) is 0 Å². The molecule has 1 saturated heterocycles. The van der Waals surface area contributed by atoms with Crippen molar-refractivity contribution in [3.8, 4) is 5.75 Å². The van der Waals surface area contributed by atoms with Crippen molar-refractivity contribution < 1.29 is 4.74 Å². The number of ether oxygens (including phenoxy) is 1. The van der Waals surface area contributed by atoms with E-state index < -0.39 is 0 Å². The number of thiocarbonyl (C=S) groups is 1. The van der Waals surface area contributed by atoms with E-state index >= 15 is 0 Å². The molecule has 0 saturated carbocycles.